The molecule has 1 heterocycles. The standard InChI is InChI=1S/C12H13Cl2N3O2/c1-3-9(18-2)11-16-12(19-17-11)6-4-7(13)10(15)8(14)5-6/h4-5,9H,3,15H2,1-2H3. The van der Waals surface area contributed by atoms with E-state index < -0.39 is 0 Å². The fourth-order valence-electron chi connectivity index (χ4n) is 1.65. The summed E-state index contributed by atoms with van der Waals surface area (Å²) in [5, 5.41) is 4.58. The Labute approximate surface area is 120 Å². The second-order valence-corrected chi connectivity index (χ2v) is 4.76. The Morgan fingerprint density at radius 2 is 2.00 bits per heavy atom. The van der Waals surface area contributed by atoms with Crippen LogP contribution in [-0.2, 0) is 4.74 Å². The van der Waals surface area contributed by atoms with Crippen molar-refractivity contribution in [1.82, 2.24) is 10.1 Å². The van der Waals surface area contributed by atoms with E-state index in [2.05, 4.69) is 10.1 Å². The highest BCUT2D eigenvalue weighted by molar-refractivity contribution is 6.39. The topological polar surface area (TPSA) is 74.2 Å². The molecule has 0 saturated carbocycles. The fraction of sp³-hybridized carbons (Fsp3) is 0.333. The molecule has 0 spiro atoms. The van der Waals surface area contributed by atoms with Crippen LogP contribution in [0.15, 0.2) is 16.7 Å². The van der Waals surface area contributed by atoms with E-state index in [4.69, 9.17) is 38.2 Å². The monoisotopic (exact) mass is 301 g/mol. The number of anilines is 1. The van der Waals surface area contributed by atoms with Gasteiger partial charge in [-0.05, 0) is 18.6 Å². The first-order chi connectivity index (χ1) is 9.06. The lowest BCUT2D eigenvalue weighted by molar-refractivity contribution is 0.0903. The van der Waals surface area contributed by atoms with Gasteiger partial charge in [-0.3, -0.25) is 0 Å². The molecule has 1 aromatic carbocycles. The number of nitrogen functional groups attached to an aromatic ring is 1. The van der Waals surface area contributed by atoms with Gasteiger partial charge in [-0.25, -0.2) is 0 Å². The number of hydrogen-bond donors (Lipinski definition) is 1. The van der Waals surface area contributed by atoms with Gasteiger partial charge in [0.15, 0.2) is 0 Å². The molecule has 2 aromatic rings. The maximum Gasteiger partial charge on any atom is 0.258 e. The Bertz CT molecular complexity index is 559. The van der Waals surface area contributed by atoms with Crippen molar-refractivity contribution in [3.05, 3.63) is 28.0 Å². The lowest BCUT2D eigenvalue weighted by Crippen LogP contribution is -2.01. The van der Waals surface area contributed by atoms with Crippen LogP contribution in [0, 0.1) is 0 Å². The maximum atomic E-state index is 5.97. The van der Waals surface area contributed by atoms with Gasteiger partial charge in [0.25, 0.3) is 5.89 Å². The first kappa shape index (κ1) is 14.1. The van der Waals surface area contributed by atoms with E-state index in [0.29, 0.717) is 33.0 Å². The van der Waals surface area contributed by atoms with E-state index in [1.54, 1.807) is 19.2 Å². The van der Waals surface area contributed by atoms with E-state index in [1.807, 2.05) is 6.92 Å². The Hall–Kier alpha value is -1.30. The van der Waals surface area contributed by atoms with Crippen LogP contribution in [0.2, 0.25) is 10.0 Å². The highest BCUT2D eigenvalue weighted by atomic mass is 35.5. The summed E-state index contributed by atoms with van der Waals surface area (Å²) in [5.41, 5.74) is 6.62. The summed E-state index contributed by atoms with van der Waals surface area (Å²) in [6.45, 7) is 1.97. The Balaban J connectivity index is 2.38. The summed E-state index contributed by atoms with van der Waals surface area (Å²) in [4.78, 5) is 4.27. The highest BCUT2D eigenvalue weighted by Crippen LogP contribution is 2.33. The third-order valence-electron chi connectivity index (χ3n) is 2.71. The number of halogens is 2. The molecule has 0 aliphatic carbocycles. The average molecular weight is 302 g/mol. The molecule has 102 valence electrons. The molecule has 2 rings (SSSR count). The molecule has 0 aliphatic heterocycles. The molecule has 7 heteroatoms. The average Bonchev–Trinajstić information content (AvgIpc) is 2.86. The molecule has 19 heavy (non-hydrogen) atoms. The van der Waals surface area contributed by atoms with Crippen LogP contribution in [0.4, 0.5) is 5.69 Å². The summed E-state index contributed by atoms with van der Waals surface area (Å²) in [5.74, 6) is 0.818. The van der Waals surface area contributed by atoms with E-state index in [9.17, 15) is 0 Å². The number of hydrogen-bond acceptors (Lipinski definition) is 5. The minimum Gasteiger partial charge on any atom is -0.396 e. The van der Waals surface area contributed by atoms with Gasteiger partial charge in [0.2, 0.25) is 5.82 Å². The van der Waals surface area contributed by atoms with E-state index in [1.165, 1.54) is 0 Å². The first-order valence-electron chi connectivity index (χ1n) is 5.68. The Morgan fingerprint density at radius 3 is 2.53 bits per heavy atom. The van der Waals surface area contributed by atoms with Crippen LogP contribution in [0.1, 0.15) is 25.3 Å². The van der Waals surface area contributed by atoms with E-state index >= 15 is 0 Å². The van der Waals surface area contributed by atoms with Gasteiger partial charge in [-0.2, -0.15) is 4.98 Å². The van der Waals surface area contributed by atoms with Crippen LogP contribution >= 0.6 is 23.2 Å². The summed E-state index contributed by atoms with van der Waals surface area (Å²) in [6, 6.07) is 3.27. The smallest absolute Gasteiger partial charge is 0.258 e. The number of methoxy groups -OCH3 is 1. The second kappa shape index (κ2) is 5.77. The van der Waals surface area contributed by atoms with Crippen molar-refractivity contribution in [2.24, 2.45) is 0 Å². The number of nitrogens with two attached hydrogens (primary N) is 1. The molecule has 2 N–H and O–H groups in total. The Kier molecular flexibility index (Phi) is 4.29. The quantitative estimate of drug-likeness (QED) is 0.871. The van der Waals surface area contributed by atoms with Crippen molar-refractivity contribution in [1.29, 1.82) is 0 Å². The lowest BCUT2D eigenvalue weighted by Gasteiger charge is -2.06. The predicted octanol–water partition coefficient (Wildman–Crippen LogP) is 3.72. The van der Waals surface area contributed by atoms with Crippen LogP contribution in [0.3, 0.4) is 0 Å². The van der Waals surface area contributed by atoms with E-state index in [-0.39, 0.29) is 6.10 Å². The van der Waals surface area contributed by atoms with Crippen LogP contribution in [0.25, 0.3) is 11.5 Å². The van der Waals surface area contributed by atoms with Gasteiger partial charge in [-0.1, -0.05) is 35.3 Å². The maximum absolute atomic E-state index is 5.97. The highest BCUT2D eigenvalue weighted by Gasteiger charge is 2.18. The van der Waals surface area contributed by atoms with Crippen molar-refractivity contribution in [3.8, 4) is 11.5 Å². The predicted molar refractivity (Wildman–Crippen MR) is 74.2 cm³/mol. The zero-order valence-electron chi connectivity index (χ0n) is 10.5. The fourth-order valence-corrected chi connectivity index (χ4v) is 2.13. The molecular formula is C12H13Cl2N3O2. The van der Waals surface area contributed by atoms with Gasteiger partial charge in [0, 0.05) is 12.7 Å². The zero-order chi connectivity index (χ0) is 14.0. The number of benzene rings is 1. The summed E-state index contributed by atoms with van der Waals surface area (Å²) in [6.07, 6.45) is 0.552. The zero-order valence-corrected chi connectivity index (χ0v) is 12.0. The molecule has 1 atom stereocenters. The molecule has 1 aromatic heterocycles. The van der Waals surface area contributed by atoms with Gasteiger partial charge in [-0.15, -0.1) is 0 Å². The molecule has 0 bridgehead atoms. The van der Waals surface area contributed by atoms with Crippen molar-refractivity contribution in [2.75, 3.05) is 12.8 Å². The summed E-state index contributed by atoms with van der Waals surface area (Å²) in [7, 11) is 1.60. The number of ether oxygens (including phenoxy) is 1. The molecule has 0 fully saturated rings. The van der Waals surface area contributed by atoms with Crippen molar-refractivity contribution < 1.29 is 9.26 Å². The SMILES string of the molecule is CCC(OC)c1noc(-c2cc(Cl)c(N)c(Cl)c2)n1. The number of aromatic nitrogens is 2. The molecule has 5 nitrogen and oxygen atoms in total. The second-order valence-electron chi connectivity index (χ2n) is 3.94. The number of rotatable bonds is 4. The van der Waals surface area contributed by atoms with Crippen molar-refractivity contribution >= 4 is 28.9 Å². The minimum atomic E-state index is -0.197. The molecule has 0 saturated heterocycles. The normalized spacial score (nSPS) is 12.6. The summed E-state index contributed by atoms with van der Waals surface area (Å²) < 4.78 is 10.4. The largest absolute Gasteiger partial charge is 0.396 e. The molecule has 1 unspecified atom stereocenters. The third-order valence-corrected chi connectivity index (χ3v) is 3.34. The van der Waals surface area contributed by atoms with Crippen LogP contribution in [-0.4, -0.2) is 17.3 Å². The summed E-state index contributed by atoms with van der Waals surface area (Å²) >= 11 is 11.9. The lowest BCUT2D eigenvalue weighted by atomic mass is 10.2. The molecule has 0 aliphatic rings. The van der Waals surface area contributed by atoms with Crippen molar-refractivity contribution in [2.45, 2.75) is 19.4 Å². The Morgan fingerprint density at radius 1 is 1.37 bits per heavy atom. The third kappa shape index (κ3) is 2.83. The minimum absolute atomic E-state index is 0.197. The van der Waals surface area contributed by atoms with E-state index in [0.717, 1.165) is 6.42 Å². The van der Waals surface area contributed by atoms with Gasteiger partial charge in [0.1, 0.15) is 6.10 Å². The molecule has 0 radical (unpaired) electrons. The van der Waals surface area contributed by atoms with Crippen LogP contribution < -0.4 is 5.73 Å². The van der Waals surface area contributed by atoms with Gasteiger partial charge >= 0.3 is 0 Å². The first-order valence-corrected chi connectivity index (χ1v) is 6.43. The number of nitrogens with zero attached hydrogens (tertiary/aromatic N) is 2. The van der Waals surface area contributed by atoms with Gasteiger partial charge < -0.3 is 15.0 Å². The molecule has 0 amide bonds. The van der Waals surface area contributed by atoms with Crippen LogP contribution in [0.5, 0.6) is 0 Å². The molecular weight excluding hydrogens is 289 g/mol. The van der Waals surface area contributed by atoms with Crippen molar-refractivity contribution in [3.63, 3.8) is 0 Å². The van der Waals surface area contributed by atoms with Gasteiger partial charge in [0.05, 0.1) is 15.7 Å².